The summed E-state index contributed by atoms with van der Waals surface area (Å²) >= 11 is 0. The first-order chi connectivity index (χ1) is 8.20. The van der Waals surface area contributed by atoms with Crippen LogP contribution in [-0.2, 0) is 11.3 Å². The van der Waals surface area contributed by atoms with E-state index in [-0.39, 0.29) is 0 Å². The van der Waals surface area contributed by atoms with E-state index in [2.05, 4.69) is 34.2 Å². The van der Waals surface area contributed by atoms with Gasteiger partial charge in [-0.3, -0.25) is 9.88 Å². The highest BCUT2D eigenvalue weighted by Crippen LogP contribution is 2.19. The van der Waals surface area contributed by atoms with Crippen molar-refractivity contribution in [3.63, 3.8) is 0 Å². The highest BCUT2D eigenvalue weighted by Gasteiger charge is 2.27. The van der Waals surface area contributed by atoms with Gasteiger partial charge >= 0.3 is 0 Å². The Hall–Kier alpha value is -1.20. The van der Waals surface area contributed by atoms with Crippen LogP contribution in [0, 0.1) is 0 Å². The first-order valence-corrected chi connectivity index (χ1v) is 6.01. The molecule has 2 rings (SSSR count). The Morgan fingerprint density at radius 2 is 2.29 bits per heavy atom. The van der Waals surface area contributed by atoms with Gasteiger partial charge in [0.25, 0.3) is 0 Å². The van der Waals surface area contributed by atoms with E-state index in [9.17, 15) is 0 Å². The zero-order valence-corrected chi connectivity index (χ0v) is 10.7. The van der Waals surface area contributed by atoms with Gasteiger partial charge in [-0.1, -0.05) is 0 Å². The Bertz CT molecular complexity index is 354. The zero-order valence-electron chi connectivity index (χ0n) is 10.7. The van der Waals surface area contributed by atoms with Gasteiger partial charge in [0.05, 0.1) is 24.2 Å². The Balaban J connectivity index is 1.95. The van der Waals surface area contributed by atoms with Gasteiger partial charge in [0, 0.05) is 26.2 Å². The van der Waals surface area contributed by atoms with Gasteiger partial charge in [0.1, 0.15) is 5.82 Å². The summed E-state index contributed by atoms with van der Waals surface area (Å²) in [6, 6.07) is 0.487. The second-order valence-electron chi connectivity index (χ2n) is 4.49. The van der Waals surface area contributed by atoms with Gasteiger partial charge in [-0.2, -0.15) is 0 Å². The summed E-state index contributed by atoms with van der Waals surface area (Å²) in [5.74, 6) is 0.800. The summed E-state index contributed by atoms with van der Waals surface area (Å²) < 4.78 is 5.57. The third-order valence-electron chi connectivity index (χ3n) is 3.28. The van der Waals surface area contributed by atoms with Gasteiger partial charge in [-0.15, -0.1) is 0 Å². The minimum Gasteiger partial charge on any atom is -0.377 e. The molecule has 0 saturated carbocycles. The van der Waals surface area contributed by atoms with Gasteiger partial charge in [0.15, 0.2) is 0 Å². The zero-order chi connectivity index (χ0) is 12.3. The lowest BCUT2D eigenvalue weighted by Crippen LogP contribution is -2.36. The van der Waals surface area contributed by atoms with Crippen molar-refractivity contribution >= 4 is 5.82 Å². The van der Waals surface area contributed by atoms with Crippen molar-refractivity contribution < 1.29 is 4.74 Å². The average Bonchev–Trinajstić information content (AvgIpc) is 2.76. The number of rotatable bonds is 4. The average molecular weight is 236 g/mol. The van der Waals surface area contributed by atoms with Crippen molar-refractivity contribution in [1.82, 2.24) is 14.9 Å². The molecule has 1 fully saturated rings. The number of hydrogen-bond donors (Lipinski definition) is 1. The number of ether oxygens (including phenoxy) is 1. The van der Waals surface area contributed by atoms with E-state index in [1.54, 1.807) is 6.20 Å². The van der Waals surface area contributed by atoms with Crippen LogP contribution in [0.15, 0.2) is 12.4 Å². The Morgan fingerprint density at radius 3 is 2.82 bits per heavy atom. The molecule has 5 nitrogen and oxygen atoms in total. The number of nitrogens with one attached hydrogen (secondary N) is 1. The van der Waals surface area contributed by atoms with E-state index in [0.29, 0.717) is 12.1 Å². The molecular formula is C12H20N4O. The molecule has 17 heavy (non-hydrogen) atoms. The normalized spacial score (nSPS) is 24.2. The third-order valence-corrected chi connectivity index (χ3v) is 3.28. The summed E-state index contributed by atoms with van der Waals surface area (Å²) in [4.78, 5) is 10.9. The summed E-state index contributed by atoms with van der Waals surface area (Å²) in [6.45, 7) is 3.81. The van der Waals surface area contributed by atoms with Crippen molar-refractivity contribution in [2.24, 2.45) is 0 Å². The van der Waals surface area contributed by atoms with Crippen LogP contribution in [0.4, 0.5) is 5.82 Å². The summed E-state index contributed by atoms with van der Waals surface area (Å²) in [5, 5.41) is 2.96. The van der Waals surface area contributed by atoms with Crippen molar-refractivity contribution in [1.29, 1.82) is 0 Å². The maximum atomic E-state index is 5.57. The molecule has 1 aliphatic heterocycles. The molecule has 0 bridgehead atoms. The molecule has 1 N–H and O–H groups in total. The van der Waals surface area contributed by atoms with E-state index in [1.807, 2.05) is 13.2 Å². The van der Waals surface area contributed by atoms with Crippen LogP contribution < -0.4 is 5.32 Å². The molecule has 2 unspecified atom stereocenters. The molecule has 0 amide bonds. The van der Waals surface area contributed by atoms with Crippen molar-refractivity contribution in [3.05, 3.63) is 18.1 Å². The lowest BCUT2D eigenvalue weighted by atomic mass is 10.1. The Kier molecular flexibility index (Phi) is 3.91. The van der Waals surface area contributed by atoms with Crippen LogP contribution in [-0.4, -0.2) is 47.7 Å². The van der Waals surface area contributed by atoms with Crippen LogP contribution in [0.1, 0.15) is 19.0 Å². The molecule has 1 aromatic heterocycles. The molecule has 1 saturated heterocycles. The predicted octanol–water partition coefficient (Wildman–Crippen LogP) is 1.13. The monoisotopic (exact) mass is 236 g/mol. The largest absolute Gasteiger partial charge is 0.377 e. The second kappa shape index (κ2) is 5.42. The molecule has 0 spiro atoms. The smallest absolute Gasteiger partial charge is 0.144 e. The standard InChI is InChI=1S/C12H20N4O/c1-9-11(4-5-17-9)16(3)8-10-6-15-12(13-2)7-14-10/h6-7,9,11H,4-5,8H2,1-3H3,(H,13,15). The number of aromatic nitrogens is 2. The third kappa shape index (κ3) is 2.92. The number of hydrogen-bond acceptors (Lipinski definition) is 5. The van der Waals surface area contributed by atoms with Crippen LogP contribution >= 0.6 is 0 Å². The molecule has 1 aromatic rings. The quantitative estimate of drug-likeness (QED) is 0.849. The number of anilines is 1. The van der Waals surface area contributed by atoms with Crippen molar-refractivity contribution in [2.75, 3.05) is 26.0 Å². The predicted molar refractivity (Wildman–Crippen MR) is 66.9 cm³/mol. The van der Waals surface area contributed by atoms with Crippen molar-refractivity contribution in [2.45, 2.75) is 32.0 Å². The second-order valence-corrected chi connectivity index (χ2v) is 4.49. The van der Waals surface area contributed by atoms with Crippen LogP contribution in [0.25, 0.3) is 0 Å². The van der Waals surface area contributed by atoms with Crippen LogP contribution in [0.2, 0.25) is 0 Å². The lowest BCUT2D eigenvalue weighted by Gasteiger charge is -2.25. The first-order valence-electron chi connectivity index (χ1n) is 6.01. The molecular weight excluding hydrogens is 216 g/mol. The Morgan fingerprint density at radius 1 is 1.47 bits per heavy atom. The van der Waals surface area contributed by atoms with Crippen LogP contribution in [0.5, 0.6) is 0 Å². The van der Waals surface area contributed by atoms with Gasteiger partial charge < -0.3 is 10.1 Å². The molecule has 2 heterocycles. The van der Waals surface area contributed by atoms with Gasteiger partial charge in [0.2, 0.25) is 0 Å². The molecule has 94 valence electrons. The summed E-state index contributed by atoms with van der Waals surface area (Å²) in [7, 11) is 3.96. The lowest BCUT2D eigenvalue weighted by molar-refractivity contribution is 0.0810. The van der Waals surface area contributed by atoms with Gasteiger partial charge in [-0.25, -0.2) is 4.98 Å². The van der Waals surface area contributed by atoms with E-state index in [0.717, 1.165) is 31.1 Å². The van der Waals surface area contributed by atoms with E-state index in [1.165, 1.54) is 0 Å². The summed E-state index contributed by atoms with van der Waals surface area (Å²) in [6.07, 6.45) is 4.99. The fourth-order valence-corrected chi connectivity index (χ4v) is 2.24. The minimum atomic E-state index is 0.310. The van der Waals surface area contributed by atoms with Gasteiger partial charge in [-0.05, 0) is 20.4 Å². The fourth-order valence-electron chi connectivity index (χ4n) is 2.24. The van der Waals surface area contributed by atoms with E-state index < -0.39 is 0 Å². The SMILES string of the molecule is CNc1cnc(CN(C)C2CCOC2C)cn1. The molecule has 0 aromatic carbocycles. The van der Waals surface area contributed by atoms with E-state index >= 15 is 0 Å². The van der Waals surface area contributed by atoms with E-state index in [4.69, 9.17) is 4.74 Å². The molecule has 5 heteroatoms. The number of likely N-dealkylation sites (N-methyl/N-ethyl adjacent to an activating group) is 1. The minimum absolute atomic E-state index is 0.310. The molecule has 1 aliphatic rings. The number of nitrogens with zero attached hydrogens (tertiary/aromatic N) is 3. The Labute approximate surface area is 102 Å². The summed E-state index contributed by atoms with van der Waals surface area (Å²) in [5.41, 5.74) is 0.991. The molecule has 2 atom stereocenters. The maximum absolute atomic E-state index is 5.57. The highest BCUT2D eigenvalue weighted by atomic mass is 16.5. The van der Waals surface area contributed by atoms with Crippen LogP contribution in [0.3, 0.4) is 0 Å². The molecule has 0 radical (unpaired) electrons. The molecule has 0 aliphatic carbocycles. The fraction of sp³-hybridized carbons (Fsp3) is 0.667. The first kappa shape index (κ1) is 12.3. The van der Waals surface area contributed by atoms with Crippen molar-refractivity contribution in [3.8, 4) is 0 Å². The maximum Gasteiger partial charge on any atom is 0.144 e. The highest BCUT2D eigenvalue weighted by molar-refractivity contribution is 5.29. The topological polar surface area (TPSA) is 50.3 Å².